The van der Waals surface area contributed by atoms with Crippen LogP contribution in [0.2, 0.25) is 5.02 Å². The van der Waals surface area contributed by atoms with Gasteiger partial charge < -0.3 is 18.8 Å². The van der Waals surface area contributed by atoms with Crippen molar-refractivity contribution in [2.45, 2.75) is 78.2 Å². The molecule has 1 aliphatic carbocycles. The first kappa shape index (κ1) is 23.0. The Kier molecular flexibility index (Phi) is 7.61. The second-order valence-electron chi connectivity index (χ2n) is 8.72. The molecule has 0 unspecified atom stereocenters. The van der Waals surface area contributed by atoms with Crippen LogP contribution < -0.4 is 9.47 Å². The average molecular weight is 461 g/mol. The maximum Gasteiger partial charge on any atom is 0.356 e. The first-order chi connectivity index (χ1) is 15.6. The summed E-state index contributed by atoms with van der Waals surface area (Å²) in [6.45, 7) is 4.93. The van der Waals surface area contributed by atoms with Crippen molar-refractivity contribution in [3.05, 3.63) is 39.9 Å². The average Bonchev–Trinajstić information content (AvgIpc) is 3.38. The Balaban J connectivity index is 1.67. The van der Waals surface area contributed by atoms with Gasteiger partial charge in [0, 0.05) is 17.5 Å². The van der Waals surface area contributed by atoms with Gasteiger partial charge in [-0.05, 0) is 43.7 Å². The number of aromatic nitrogens is 2. The van der Waals surface area contributed by atoms with Crippen molar-refractivity contribution in [2.75, 3.05) is 13.4 Å². The number of hydrogen-bond acceptors (Lipinski definition) is 5. The molecule has 6 nitrogen and oxygen atoms in total. The van der Waals surface area contributed by atoms with Gasteiger partial charge in [-0.15, -0.1) is 0 Å². The van der Waals surface area contributed by atoms with E-state index in [-0.39, 0.29) is 12.8 Å². The zero-order valence-corrected chi connectivity index (χ0v) is 19.9. The van der Waals surface area contributed by atoms with E-state index in [0.29, 0.717) is 35.4 Å². The van der Waals surface area contributed by atoms with Crippen molar-refractivity contribution < 1.29 is 19.0 Å². The van der Waals surface area contributed by atoms with Crippen molar-refractivity contribution in [1.82, 2.24) is 9.55 Å². The van der Waals surface area contributed by atoms with Gasteiger partial charge in [-0.1, -0.05) is 50.6 Å². The normalized spacial score (nSPS) is 15.8. The fourth-order valence-corrected chi connectivity index (χ4v) is 5.02. The Morgan fingerprint density at radius 3 is 2.62 bits per heavy atom. The van der Waals surface area contributed by atoms with E-state index in [0.717, 1.165) is 48.7 Å². The van der Waals surface area contributed by atoms with Gasteiger partial charge in [0.25, 0.3) is 0 Å². The number of hydrogen-bond donors (Lipinski definition) is 0. The predicted octanol–water partition coefficient (Wildman–Crippen LogP) is 5.96. The molecular formula is C25H33ClN2O4. The summed E-state index contributed by atoms with van der Waals surface area (Å²) in [6.07, 6.45) is 10.1. The lowest BCUT2D eigenvalue weighted by Crippen LogP contribution is -2.17. The van der Waals surface area contributed by atoms with E-state index in [1.807, 2.05) is 17.6 Å². The summed E-state index contributed by atoms with van der Waals surface area (Å²) < 4.78 is 18.4. The second kappa shape index (κ2) is 10.6. The number of carbonyl (C=O) groups is 1. The van der Waals surface area contributed by atoms with Crippen molar-refractivity contribution in [3.63, 3.8) is 0 Å². The number of nitrogens with zero attached hydrogens (tertiary/aromatic N) is 2. The minimum atomic E-state index is -0.308. The van der Waals surface area contributed by atoms with Crippen molar-refractivity contribution >= 4 is 17.6 Å². The molecule has 2 aromatic rings. The third-order valence-electron chi connectivity index (χ3n) is 6.45. The number of imidazole rings is 1. The number of ether oxygens (including phenoxy) is 3. The van der Waals surface area contributed by atoms with Crippen molar-refractivity contribution in [1.29, 1.82) is 0 Å². The summed E-state index contributed by atoms with van der Waals surface area (Å²) in [6, 6.07) is 3.68. The Hall–Kier alpha value is -2.21. The summed E-state index contributed by atoms with van der Waals surface area (Å²) in [5, 5.41) is 0.587. The number of rotatable bonds is 9. The van der Waals surface area contributed by atoms with E-state index in [1.54, 1.807) is 6.07 Å². The van der Waals surface area contributed by atoms with E-state index >= 15 is 0 Å². The largest absolute Gasteiger partial charge is 0.461 e. The monoisotopic (exact) mass is 460 g/mol. The van der Waals surface area contributed by atoms with Gasteiger partial charge in [0.1, 0.15) is 5.82 Å². The van der Waals surface area contributed by atoms with E-state index in [1.165, 1.54) is 32.1 Å². The van der Waals surface area contributed by atoms with Gasteiger partial charge in [-0.3, -0.25) is 0 Å². The van der Waals surface area contributed by atoms with Crippen LogP contribution >= 0.6 is 11.6 Å². The second-order valence-corrected chi connectivity index (χ2v) is 9.13. The zero-order valence-electron chi connectivity index (χ0n) is 19.1. The topological polar surface area (TPSA) is 62.6 Å². The summed E-state index contributed by atoms with van der Waals surface area (Å²) in [4.78, 5) is 18.0. The molecule has 0 amide bonds. The lowest BCUT2D eigenvalue weighted by atomic mass is 9.85. The molecule has 1 aromatic carbocycles. The molecule has 4 rings (SSSR count). The predicted molar refractivity (Wildman–Crippen MR) is 124 cm³/mol. The molecule has 0 N–H and O–H groups in total. The molecule has 2 aliphatic rings. The first-order valence-corrected chi connectivity index (χ1v) is 12.3. The summed E-state index contributed by atoms with van der Waals surface area (Å²) in [5.74, 6) is 2.65. The third-order valence-corrected chi connectivity index (χ3v) is 6.80. The highest BCUT2D eigenvalue weighted by atomic mass is 35.5. The van der Waals surface area contributed by atoms with Gasteiger partial charge in [0.2, 0.25) is 6.79 Å². The molecule has 1 saturated carbocycles. The van der Waals surface area contributed by atoms with E-state index in [4.69, 9.17) is 30.8 Å². The van der Waals surface area contributed by atoms with Crippen molar-refractivity contribution in [3.8, 4) is 11.5 Å². The molecule has 7 heteroatoms. The van der Waals surface area contributed by atoms with Gasteiger partial charge >= 0.3 is 5.97 Å². The van der Waals surface area contributed by atoms with Crippen LogP contribution in [0.1, 0.15) is 86.4 Å². The first-order valence-electron chi connectivity index (χ1n) is 11.9. The number of benzene rings is 1. The number of aryl methyl sites for hydroxylation is 2. The highest BCUT2D eigenvalue weighted by molar-refractivity contribution is 6.31. The van der Waals surface area contributed by atoms with Gasteiger partial charge in [-0.25, -0.2) is 9.78 Å². The molecule has 2 heterocycles. The molecule has 0 spiro atoms. The van der Waals surface area contributed by atoms with E-state index < -0.39 is 0 Å². The number of fused-ring (bicyclic) bond motifs is 1. The van der Waals surface area contributed by atoms with Crippen LogP contribution in [0.5, 0.6) is 11.5 Å². The molecular weight excluding hydrogens is 428 g/mol. The molecule has 1 aromatic heterocycles. The molecule has 0 atom stereocenters. The zero-order chi connectivity index (χ0) is 22.5. The van der Waals surface area contributed by atoms with E-state index in [2.05, 4.69) is 6.92 Å². The fraction of sp³-hybridized carbons (Fsp3) is 0.600. The lowest BCUT2D eigenvalue weighted by molar-refractivity contribution is 0.0512. The highest BCUT2D eigenvalue weighted by Crippen LogP contribution is 2.37. The van der Waals surface area contributed by atoms with Crippen LogP contribution in [0.3, 0.4) is 0 Å². The number of halogens is 1. The van der Waals surface area contributed by atoms with Gasteiger partial charge in [0.15, 0.2) is 17.2 Å². The van der Waals surface area contributed by atoms with E-state index in [9.17, 15) is 4.79 Å². The maximum absolute atomic E-state index is 13.1. The van der Waals surface area contributed by atoms with Gasteiger partial charge in [0.05, 0.1) is 18.8 Å². The molecule has 0 bridgehead atoms. The van der Waals surface area contributed by atoms with Crippen LogP contribution in [-0.4, -0.2) is 28.9 Å². The molecule has 1 aliphatic heterocycles. The molecule has 1 fully saturated rings. The van der Waals surface area contributed by atoms with Crippen molar-refractivity contribution in [2.24, 2.45) is 5.92 Å². The molecule has 0 saturated heterocycles. The van der Waals surface area contributed by atoms with Crippen LogP contribution in [0.25, 0.3) is 0 Å². The maximum atomic E-state index is 13.1. The lowest BCUT2D eigenvalue weighted by Gasteiger charge is -2.21. The third kappa shape index (κ3) is 5.06. The van der Waals surface area contributed by atoms with Crippen LogP contribution in [0, 0.1) is 5.92 Å². The van der Waals surface area contributed by atoms with Crippen LogP contribution in [0.15, 0.2) is 12.1 Å². The SMILES string of the molecule is CCCc1nc(CCC2CCCCC2)c(C(=O)OCC)n1Cc1cc2c(cc1Cl)OCO2. The minimum Gasteiger partial charge on any atom is -0.461 e. The Morgan fingerprint density at radius 2 is 1.91 bits per heavy atom. The summed E-state index contributed by atoms with van der Waals surface area (Å²) >= 11 is 6.56. The fourth-order valence-electron chi connectivity index (χ4n) is 4.81. The van der Waals surface area contributed by atoms with Gasteiger partial charge in [-0.2, -0.15) is 0 Å². The Labute approximate surface area is 195 Å². The number of esters is 1. The Morgan fingerprint density at radius 1 is 1.16 bits per heavy atom. The summed E-state index contributed by atoms with van der Waals surface area (Å²) in [7, 11) is 0. The number of carbonyl (C=O) groups excluding carboxylic acids is 1. The smallest absolute Gasteiger partial charge is 0.356 e. The molecule has 32 heavy (non-hydrogen) atoms. The minimum absolute atomic E-state index is 0.195. The summed E-state index contributed by atoms with van der Waals surface area (Å²) in [5.41, 5.74) is 2.30. The quantitative estimate of drug-likeness (QED) is 0.432. The van der Waals surface area contributed by atoms with Crippen LogP contribution in [-0.2, 0) is 24.1 Å². The molecule has 0 radical (unpaired) electrons. The highest BCUT2D eigenvalue weighted by Gasteiger charge is 2.26. The van der Waals surface area contributed by atoms with Crippen LogP contribution in [0.4, 0.5) is 0 Å². The Bertz CT molecular complexity index is 950. The standard InChI is InChI=1S/C25H33ClN2O4/c1-3-8-23-27-20(12-11-17-9-6-5-7-10-17)24(25(29)30-4-2)28(23)15-18-13-21-22(14-19(18)26)32-16-31-21/h13-14,17H,3-12,15-16H2,1-2H3. The molecule has 174 valence electrons.